The standard InChI is InChI=1S/C28H18ClF2N3O3S/c29-19-2-1-3-22(12-19)38-27-25-23(26(35)32-14-15-4-6-16(7-5-15)28(36)37)10-18(11-24(25)33-34-27)17-8-20(30)13-21(31)9-17/h1-13H,14H2,(H,32,35)(H,33,34)(H,36,37). The fraction of sp³-hybridized carbons (Fsp3) is 0.0357. The molecule has 0 spiro atoms. The smallest absolute Gasteiger partial charge is 0.335 e. The van der Waals surface area contributed by atoms with Crippen molar-refractivity contribution in [1.82, 2.24) is 15.5 Å². The van der Waals surface area contributed by atoms with Crippen LogP contribution in [0.4, 0.5) is 8.78 Å². The number of carboxylic acids is 1. The third-order valence-corrected chi connectivity index (χ3v) is 6.95. The van der Waals surface area contributed by atoms with Gasteiger partial charge in [0.05, 0.1) is 16.6 Å². The van der Waals surface area contributed by atoms with Crippen LogP contribution in [0, 0.1) is 11.6 Å². The zero-order valence-corrected chi connectivity index (χ0v) is 21.0. The first-order valence-corrected chi connectivity index (χ1v) is 12.5. The highest BCUT2D eigenvalue weighted by Gasteiger charge is 2.20. The molecule has 0 unspecified atom stereocenters. The molecule has 0 atom stereocenters. The highest BCUT2D eigenvalue weighted by Crippen LogP contribution is 2.37. The molecule has 1 amide bonds. The van der Waals surface area contributed by atoms with Crippen molar-refractivity contribution >= 4 is 46.1 Å². The van der Waals surface area contributed by atoms with Gasteiger partial charge >= 0.3 is 5.97 Å². The molecule has 0 aliphatic heterocycles. The SMILES string of the molecule is O=C(O)c1ccc(CNC(=O)c2cc(-c3cc(F)cc(F)c3)cc3[nH]nc(Sc4cccc(Cl)c4)c23)cc1. The van der Waals surface area contributed by atoms with Crippen LogP contribution in [0.15, 0.2) is 88.8 Å². The van der Waals surface area contributed by atoms with Gasteiger partial charge < -0.3 is 10.4 Å². The molecule has 6 nitrogen and oxygen atoms in total. The fourth-order valence-corrected chi connectivity index (χ4v) is 5.18. The van der Waals surface area contributed by atoms with Gasteiger partial charge in [0.2, 0.25) is 0 Å². The first-order chi connectivity index (χ1) is 18.3. The number of hydrogen-bond acceptors (Lipinski definition) is 4. The molecule has 0 aliphatic carbocycles. The van der Waals surface area contributed by atoms with Gasteiger partial charge in [-0.3, -0.25) is 9.89 Å². The Labute approximate surface area is 224 Å². The molecular weight excluding hydrogens is 532 g/mol. The highest BCUT2D eigenvalue weighted by molar-refractivity contribution is 7.99. The van der Waals surface area contributed by atoms with Gasteiger partial charge in [0.15, 0.2) is 0 Å². The molecule has 4 aromatic carbocycles. The second-order valence-electron chi connectivity index (χ2n) is 8.38. The van der Waals surface area contributed by atoms with Gasteiger partial charge in [0.1, 0.15) is 16.7 Å². The van der Waals surface area contributed by atoms with Crippen molar-refractivity contribution in [2.45, 2.75) is 16.5 Å². The van der Waals surface area contributed by atoms with Crippen LogP contribution in [0.25, 0.3) is 22.0 Å². The van der Waals surface area contributed by atoms with Crippen molar-refractivity contribution in [3.63, 3.8) is 0 Å². The van der Waals surface area contributed by atoms with E-state index in [1.165, 1.54) is 36.0 Å². The van der Waals surface area contributed by atoms with Gasteiger partial charge in [0.25, 0.3) is 5.91 Å². The molecule has 0 fully saturated rings. The molecule has 10 heteroatoms. The number of aromatic nitrogens is 2. The number of rotatable bonds is 7. The number of fused-ring (bicyclic) bond motifs is 1. The number of hydrogen-bond donors (Lipinski definition) is 3. The van der Waals surface area contributed by atoms with E-state index >= 15 is 0 Å². The summed E-state index contributed by atoms with van der Waals surface area (Å²) in [7, 11) is 0. The maximum Gasteiger partial charge on any atom is 0.335 e. The summed E-state index contributed by atoms with van der Waals surface area (Å²) in [4.78, 5) is 25.4. The Morgan fingerprint density at radius 1 is 0.947 bits per heavy atom. The average molecular weight is 550 g/mol. The van der Waals surface area contributed by atoms with Crippen LogP contribution >= 0.6 is 23.4 Å². The lowest BCUT2D eigenvalue weighted by Crippen LogP contribution is -2.23. The third kappa shape index (κ3) is 5.53. The first-order valence-electron chi connectivity index (χ1n) is 11.3. The third-order valence-electron chi connectivity index (χ3n) is 5.74. The van der Waals surface area contributed by atoms with Gasteiger partial charge in [0, 0.05) is 27.9 Å². The summed E-state index contributed by atoms with van der Waals surface area (Å²) < 4.78 is 27.9. The van der Waals surface area contributed by atoms with Crippen molar-refractivity contribution in [3.05, 3.63) is 112 Å². The summed E-state index contributed by atoms with van der Waals surface area (Å²) in [6.07, 6.45) is 0. The Bertz CT molecular complexity index is 1670. The van der Waals surface area contributed by atoms with E-state index in [0.29, 0.717) is 32.1 Å². The Balaban J connectivity index is 1.54. The van der Waals surface area contributed by atoms with Crippen molar-refractivity contribution in [2.75, 3.05) is 0 Å². The highest BCUT2D eigenvalue weighted by atomic mass is 35.5. The number of aromatic amines is 1. The van der Waals surface area contributed by atoms with Gasteiger partial charge in [-0.1, -0.05) is 41.6 Å². The van der Waals surface area contributed by atoms with E-state index < -0.39 is 23.5 Å². The fourth-order valence-electron chi connectivity index (χ4n) is 3.95. The van der Waals surface area contributed by atoms with Crippen LogP contribution in [-0.4, -0.2) is 27.2 Å². The second-order valence-corrected chi connectivity index (χ2v) is 9.88. The van der Waals surface area contributed by atoms with E-state index in [0.717, 1.165) is 11.0 Å². The first kappa shape index (κ1) is 25.4. The Morgan fingerprint density at radius 2 is 1.66 bits per heavy atom. The molecule has 1 aromatic heterocycles. The van der Waals surface area contributed by atoms with E-state index in [2.05, 4.69) is 15.5 Å². The summed E-state index contributed by atoms with van der Waals surface area (Å²) in [6.45, 7) is 0.133. The van der Waals surface area contributed by atoms with E-state index in [1.807, 2.05) is 6.07 Å². The van der Waals surface area contributed by atoms with Crippen LogP contribution in [0.2, 0.25) is 5.02 Å². The van der Waals surface area contributed by atoms with Crippen molar-refractivity contribution < 1.29 is 23.5 Å². The molecule has 190 valence electrons. The van der Waals surface area contributed by atoms with Crippen molar-refractivity contribution in [1.29, 1.82) is 0 Å². The zero-order valence-electron chi connectivity index (χ0n) is 19.5. The molecule has 1 heterocycles. The lowest BCUT2D eigenvalue weighted by molar-refractivity contribution is 0.0696. The van der Waals surface area contributed by atoms with Gasteiger partial charge in [-0.2, -0.15) is 5.10 Å². The molecule has 5 rings (SSSR count). The van der Waals surface area contributed by atoms with Gasteiger partial charge in [-0.15, -0.1) is 0 Å². The predicted octanol–water partition coefficient (Wildman–Crippen LogP) is 6.94. The van der Waals surface area contributed by atoms with Crippen molar-refractivity contribution in [3.8, 4) is 11.1 Å². The molecule has 0 saturated carbocycles. The monoisotopic (exact) mass is 549 g/mol. The number of halogens is 3. The average Bonchev–Trinajstić information content (AvgIpc) is 3.29. The normalized spacial score (nSPS) is 11.0. The number of carboxylic acid groups (broad SMARTS) is 1. The van der Waals surface area contributed by atoms with Crippen LogP contribution < -0.4 is 5.32 Å². The lowest BCUT2D eigenvalue weighted by atomic mass is 9.99. The number of nitrogens with one attached hydrogen (secondary N) is 2. The summed E-state index contributed by atoms with van der Waals surface area (Å²) >= 11 is 7.44. The van der Waals surface area contributed by atoms with Crippen LogP contribution in [0.1, 0.15) is 26.3 Å². The summed E-state index contributed by atoms with van der Waals surface area (Å²) in [6, 6.07) is 19.7. The predicted molar refractivity (Wildman–Crippen MR) is 142 cm³/mol. The molecule has 3 N–H and O–H groups in total. The molecule has 5 aromatic rings. The largest absolute Gasteiger partial charge is 0.478 e. The number of carbonyl (C=O) groups excluding carboxylic acids is 1. The topological polar surface area (TPSA) is 95.1 Å². The van der Waals surface area contributed by atoms with E-state index in [-0.39, 0.29) is 23.2 Å². The molecule has 38 heavy (non-hydrogen) atoms. The summed E-state index contributed by atoms with van der Waals surface area (Å²) in [5, 5.41) is 20.9. The minimum atomic E-state index is -1.04. The quantitative estimate of drug-likeness (QED) is 0.204. The van der Waals surface area contributed by atoms with Crippen LogP contribution in [0.5, 0.6) is 0 Å². The summed E-state index contributed by atoms with van der Waals surface area (Å²) in [5.74, 6) is -2.96. The molecule has 0 saturated heterocycles. The minimum Gasteiger partial charge on any atom is -0.478 e. The maximum absolute atomic E-state index is 14.0. The molecule has 0 bridgehead atoms. The number of aromatic carboxylic acids is 1. The Kier molecular flexibility index (Phi) is 7.13. The Hall–Kier alpha value is -4.21. The number of carbonyl (C=O) groups is 2. The number of amides is 1. The van der Waals surface area contributed by atoms with E-state index in [1.54, 1.807) is 42.5 Å². The number of nitrogens with zero attached hydrogens (tertiary/aromatic N) is 1. The minimum absolute atomic E-state index is 0.133. The lowest BCUT2D eigenvalue weighted by Gasteiger charge is -2.11. The second kappa shape index (κ2) is 10.6. The van der Waals surface area contributed by atoms with Crippen LogP contribution in [0.3, 0.4) is 0 Å². The summed E-state index contributed by atoms with van der Waals surface area (Å²) in [5.41, 5.74) is 2.29. The molecular formula is C28H18ClF2N3O3S. The Morgan fingerprint density at radius 3 is 2.34 bits per heavy atom. The molecule has 0 radical (unpaired) electrons. The molecule has 0 aliphatic rings. The maximum atomic E-state index is 14.0. The zero-order chi connectivity index (χ0) is 26.8. The number of H-pyrrole nitrogens is 1. The van der Waals surface area contributed by atoms with E-state index in [4.69, 9.17) is 16.7 Å². The van der Waals surface area contributed by atoms with Gasteiger partial charge in [-0.25, -0.2) is 13.6 Å². The van der Waals surface area contributed by atoms with Crippen molar-refractivity contribution in [2.24, 2.45) is 0 Å². The van der Waals surface area contributed by atoms with Crippen LogP contribution in [-0.2, 0) is 6.54 Å². The van der Waals surface area contributed by atoms with E-state index in [9.17, 15) is 18.4 Å². The van der Waals surface area contributed by atoms with Gasteiger partial charge in [-0.05, 0) is 71.3 Å². The number of benzene rings is 4.